The number of nitrogens with one attached hydrogen (secondary N) is 1. The highest BCUT2D eigenvalue weighted by molar-refractivity contribution is 4.94. The topological polar surface area (TPSA) is 52.5 Å². The molecule has 0 aromatic heterocycles. The molecule has 0 radical (unpaired) electrons. The van der Waals surface area contributed by atoms with Gasteiger partial charge in [-0.1, -0.05) is 44.9 Å². The molecule has 0 bridgehead atoms. The van der Waals surface area contributed by atoms with Gasteiger partial charge in [0, 0.05) is 12.1 Å². The molecular weight excluding hydrogens is 226 g/mol. The molecule has 3 heteroatoms. The van der Waals surface area contributed by atoms with E-state index in [-0.39, 0.29) is 12.1 Å². The van der Waals surface area contributed by atoms with Gasteiger partial charge in [-0.2, -0.15) is 0 Å². The molecule has 3 N–H and O–H groups in total. The predicted octanol–water partition coefficient (Wildman–Crippen LogP) is 2.36. The van der Waals surface area contributed by atoms with Crippen LogP contribution in [0.4, 0.5) is 0 Å². The van der Waals surface area contributed by atoms with Crippen molar-refractivity contribution < 1.29 is 10.2 Å². The summed E-state index contributed by atoms with van der Waals surface area (Å²) in [7, 11) is 0. The summed E-state index contributed by atoms with van der Waals surface area (Å²) in [5.74, 6) is 0. The molecule has 0 atom stereocenters. The predicted molar refractivity (Wildman–Crippen MR) is 73.6 cm³/mol. The van der Waals surface area contributed by atoms with E-state index in [1.165, 1.54) is 32.1 Å². The minimum absolute atomic E-state index is 0.111. The number of rotatable bonds is 4. The van der Waals surface area contributed by atoms with Crippen LogP contribution in [0, 0.1) is 0 Å². The van der Waals surface area contributed by atoms with Crippen molar-refractivity contribution >= 4 is 0 Å². The van der Waals surface area contributed by atoms with E-state index < -0.39 is 5.60 Å². The van der Waals surface area contributed by atoms with Crippen molar-refractivity contribution in [2.24, 2.45) is 0 Å². The molecule has 106 valence electrons. The van der Waals surface area contributed by atoms with Crippen molar-refractivity contribution in [2.75, 3.05) is 13.2 Å². The second kappa shape index (κ2) is 6.36. The lowest BCUT2D eigenvalue weighted by molar-refractivity contribution is 0.00700. The fourth-order valence-electron chi connectivity index (χ4n) is 3.53. The summed E-state index contributed by atoms with van der Waals surface area (Å²) in [6, 6.07) is 0. The van der Waals surface area contributed by atoms with Gasteiger partial charge in [-0.25, -0.2) is 0 Å². The lowest BCUT2D eigenvalue weighted by Gasteiger charge is -2.40. The van der Waals surface area contributed by atoms with Gasteiger partial charge in [0.25, 0.3) is 0 Å². The number of hydrogen-bond donors (Lipinski definition) is 3. The standard InChI is InChI=1S/C15H29NO2/c17-13-14(8-4-3-5-9-14)16-12-15(18)10-6-1-2-7-11-15/h16-18H,1-13H2. The summed E-state index contributed by atoms with van der Waals surface area (Å²) in [6.45, 7) is 0.872. The van der Waals surface area contributed by atoms with Gasteiger partial charge in [0.15, 0.2) is 0 Å². The molecule has 0 amide bonds. The SMILES string of the molecule is OCC1(NCC2(O)CCCCCC2)CCCCC1. The zero-order chi connectivity index (χ0) is 12.9. The van der Waals surface area contributed by atoms with E-state index in [9.17, 15) is 10.2 Å². The second-order valence-electron chi connectivity index (χ2n) is 6.49. The first-order valence-electron chi connectivity index (χ1n) is 7.76. The van der Waals surface area contributed by atoms with E-state index in [1.54, 1.807) is 0 Å². The van der Waals surface area contributed by atoms with Crippen LogP contribution in [0.15, 0.2) is 0 Å². The molecular formula is C15H29NO2. The number of aliphatic hydroxyl groups excluding tert-OH is 1. The van der Waals surface area contributed by atoms with Gasteiger partial charge in [-0.15, -0.1) is 0 Å². The Morgan fingerprint density at radius 1 is 0.778 bits per heavy atom. The Bertz CT molecular complexity index is 241. The molecule has 2 aliphatic rings. The average Bonchev–Trinajstić information content (AvgIpc) is 2.63. The van der Waals surface area contributed by atoms with Crippen molar-refractivity contribution in [3.63, 3.8) is 0 Å². The highest BCUT2D eigenvalue weighted by Crippen LogP contribution is 2.31. The van der Waals surface area contributed by atoms with Crippen LogP contribution in [0.5, 0.6) is 0 Å². The third kappa shape index (κ3) is 3.69. The normalized spacial score (nSPS) is 27.7. The summed E-state index contributed by atoms with van der Waals surface area (Å²) in [6.07, 6.45) is 12.4. The van der Waals surface area contributed by atoms with E-state index in [0.717, 1.165) is 38.5 Å². The molecule has 18 heavy (non-hydrogen) atoms. The van der Waals surface area contributed by atoms with E-state index in [1.807, 2.05) is 0 Å². The molecule has 2 fully saturated rings. The van der Waals surface area contributed by atoms with Crippen molar-refractivity contribution in [1.82, 2.24) is 5.32 Å². The van der Waals surface area contributed by atoms with Gasteiger partial charge in [-0.05, 0) is 25.7 Å². The fraction of sp³-hybridized carbons (Fsp3) is 1.00. The average molecular weight is 255 g/mol. The quantitative estimate of drug-likeness (QED) is 0.676. The Morgan fingerprint density at radius 2 is 1.28 bits per heavy atom. The first-order chi connectivity index (χ1) is 8.68. The van der Waals surface area contributed by atoms with Crippen LogP contribution in [-0.2, 0) is 0 Å². The third-order valence-electron chi connectivity index (χ3n) is 4.94. The fourth-order valence-corrected chi connectivity index (χ4v) is 3.53. The van der Waals surface area contributed by atoms with Crippen LogP contribution in [-0.4, -0.2) is 34.5 Å². The molecule has 3 nitrogen and oxygen atoms in total. The van der Waals surface area contributed by atoms with Crippen LogP contribution in [0.3, 0.4) is 0 Å². The van der Waals surface area contributed by atoms with Crippen molar-refractivity contribution in [1.29, 1.82) is 0 Å². The lowest BCUT2D eigenvalue weighted by Crippen LogP contribution is -2.55. The highest BCUT2D eigenvalue weighted by Gasteiger charge is 2.35. The van der Waals surface area contributed by atoms with Gasteiger partial charge in [-0.3, -0.25) is 0 Å². The molecule has 0 heterocycles. The first-order valence-corrected chi connectivity index (χ1v) is 7.76. The molecule has 0 spiro atoms. The number of hydrogen-bond acceptors (Lipinski definition) is 3. The molecule has 0 unspecified atom stereocenters. The molecule has 2 saturated carbocycles. The molecule has 0 aromatic carbocycles. The van der Waals surface area contributed by atoms with Crippen LogP contribution in [0.1, 0.15) is 70.6 Å². The maximum atomic E-state index is 10.6. The van der Waals surface area contributed by atoms with Gasteiger partial charge in [0.1, 0.15) is 0 Å². The van der Waals surface area contributed by atoms with Crippen LogP contribution < -0.4 is 5.32 Å². The monoisotopic (exact) mass is 255 g/mol. The number of aliphatic hydroxyl groups is 2. The zero-order valence-corrected chi connectivity index (χ0v) is 11.6. The second-order valence-corrected chi connectivity index (χ2v) is 6.49. The van der Waals surface area contributed by atoms with Crippen LogP contribution in [0.25, 0.3) is 0 Å². The molecule has 0 aliphatic heterocycles. The van der Waals surface area contributed by atoms with Crippen molar-refractivity contribution in [3.8, 4) is 0 Å². The summed E-state index contributed by atoms with van der Waals surface area (Å²) >= 11 is 0. The van der Waals surface area contributed by atoms with Gasteiger partial charge in [0.2, 0.25) is 0 Å². The zero-order valence-electron chi connectivity index (χ0n) is 11.6. The molecule has 2 aliphatic carbocycles. The third-order valence-corrected chi connectivity index (χ3v) is 4.94. The van der Waals surface area contributed by atoms with Gasteiger partial charge in [0.05, 0.1) is 12.2 Å². The summed E-state index contributed by atoms with van der Waals surface area (Å²) in [5, 5.41) is 23.8. The molecule has 0 saturated heterocycles. The maximum absolute atomic E-state index is 10.6. The van der Waals surface area contributed by atoms with Gasteiger partial charge >= 0.3 is 0 Å². The Kier molecular flexibility index (Phi) is 5.05. The van der Waals surface area contributed by atoms with E-state index in [2.05, 4.69) is 5.32 Å². The Hall–Kier alpha value is -0.120. The van der Waals surface area contributed by atoms with E-state index in [4.69, 9.17) is 0 Å². The summed E-state index contributed by atoms with van der Waals surface area (Å²) < 4.78 is 0. The lowest BCUT2D eigenvalue weighted by atomic mass is 9.81. The smallest absolute Gasteiger partial charge is 0.0771 e. The van der Waals surface area contributed by atoms with Crippen molar-refractivity contribution in [2.45, 2.75) is 81.8 Å². The summed E-state index contributed by atoms with van der Waals surface area (Å²) in [5.41, 5.74) is -0.642. The maximum Gasteiger partial charge on any atom is 0.0771 e. The van der Waals surface area contributed by atoms with Crippen LogP contribution in [0.2, 0.25) is 0 Å². The Labute approximate surface area is 111 Å². The molecule has 2 rings (SSSR count). The van der Waals surface area contributed by atoms with E-state index in [0.29, 0.717) is 6.54 Å². The Balaban J connectivity index is 1.87. The highest BCUT2D eigenvalue weighted by atomic mass is 16.3. The number of β-amino-alcohol motifs (C(OH)–C–C–N with tert-alkyl or cyclic N) is 1. The minimum atomic E-state index is -0.532. The van der Waals surface area contributed by atoms with Gasteiger partial charge < -0.3 is 15.5 Å². The largest absolute Gasteiger partial charge is 0.394 e. The van der Waals surface area contributed by atoms with E-state index >= 15 is 0 Å². The molecule has 0 aromatic rings. The van der Waals surface area contributed by atoms with Crippen molar-refractivity contribution in [3.05, 3.63) is 0 Å². The minimum Gasteiger partial charge on any atom is -0.394 e. The summed E-state index contributed by atoms with van der Waals surface area (Å²) in [4.78, 5) is 0. The Morgan fingerprint density at radius 3 is 1.83 bits per heavy atom. The first kappa shape index (κ1) is 14.3. The van der Waals surface area contributed by atoms with Crippen LogP contribution >= 0.6 is 0 Å².